The molecule has 2 rings (SSSR count). The van der Waals surface area contributed by atoms with Gasteiger partial charge in [0.25, 0.3) is 0 Å². The number of aromatic nitrogens is 1. The maximum atomic E-state index is 4.38. The third-order valence-electron chi connectivity index (χ3n) is 3.48. The summed E-state index contributed by atoms with van der Waals surface area (Å²) < 4.78 is 0. The molecule has 0 bridgehead atoms. The molecule has 0 saturated carbocycles. The van der Waals surface area contributed by atoms with E-state index >= 15 is 0 Å². The third kappa shape index (κ3) is 3.51. The third-order valence-corrected chi connectivity index (χ3v) is 3.48. The predicted octanol–water partition coefficient (Wildman–Crippen LogP) is 1.70. The Labute approximate surface area is 104 Å². The van der Waals surface area contributed by atoms with Gasteiger partial charge >= 0.3 is 0 Å². The van der Waals surface area contributed by atoms with Gasteiger partial charge in [0.15, 0.2) is 0 Å². The summed E-state index contributed by atoms with van der Waals surface area (Å²) in [5.41, 5.74) is 1.42. The lowest BCUT2D eigenvalue weighted by molar-refractivity contribution is 0.106. The van der Waals surface area contributed by atoms with Gasteiger partial charge in [-0.2, -0.15) is 0 Å². The Morgan fingerprint density at radius 2 is 2.29 bits per heavy atom. The van der Waals surface area contributed by atoms with Crippen LogP contribution in [0.4, 0.5) is 0 Å². The van der Waals surface area contributed by atoms with Crippen LogP contribution < -0.4 is 5.32 Å². The normalized spacial score (nSPS) is 24.8. The van der Waals surface area contributed by atoms with E-state index in [4.69, 9.17) is 0 Å². The van der Waals surface area contributed by atoms with Crippen LogP contribution in [0.3, 0.4) is 0 Å². The molecule has 3 heteroatoms. The lowest BCUT2D eigenvalue weighted by Crippen LogP contribution is -2.60. The summed E-state index contributed by atoms with van der Waals surface area (Å²) in [7, 11) is 0. The molecule has 1 aliphatic heterocycles. The summed E-state index contributed by atoms with van der Waals surface area (Å²) in [6.07, 6.45) is 2.92. The van der Waals surface area contributed by atoms with Gasteiger partial charge in [0.2, 0.25) is 0 Å². The highest BCUT2D eigenvalue weighted by Gasteiger charge is 2.29. The van der Waals surface area contributed by atoms with Gasteiger partial charge in [-0.25, -0.2) is 0 Å². The van der Waals surface area contributed by atoms with Crippen LogP contribution in [0.25, 0.3) is 0 Å². The van der Waals surface area contributed by atoms with Crippen molar-refractivity contribution in [3.05, 3.63) is 30.1 Å². The van der Waals surface area contributed by atoms with E-state index in [1.165, 1.54) is 5.69 Å². The van der Waals surface area contributed by atoms with E-state index < -0.39 is 0 Å². The fourth-order valence-electron chi connectivity index (χ4n) is 2.38. The van der Waals surface area contributed by atoms with Gasteiger partial charge in [0.05, 0.1) is 0 Å². The maximum absolute atomic E-state index is 4.38. The molecule has 0 aliphatic carbocycles. The molecule has 1 fully saturated rings. The first-order valence-electron chi connectivity index (χ1n) is 6.46. The predicted molar refractivity (Wildman–Crippen MR) is 71.1 cm³/mol. The summed E-state index contributed by atoms with van der Waals surface area (Å²) in [6.45, 7) is 10.1. The molecule has 1 aromatic rings. The highest BCUT2D eigenvalue weighted by Crippen LogP contribution is 2.15. The molecule has 2 heterocycles. The number of nitrogens with zero attached hydrogens (tertiary/aromatic N) is 2. The quantitative estimate of drug-likeness (QED) is 0.861. The van der Waals surface area contributed by atoms with Crippen molar-refractivity contribution < 1.29 is 0 Å². The van der Waals surface area contributed by atoms with Gasteiger partial charge in [0.1, 0.15) is 0 Å². The lowest BCUT2D eigenvalue weighted by atomic mass is 9.99. The Kier molecular flexibility index (Phi) is 3.79. The molecule has 0 aromatic carbocycles. The van der Waals surface area contributed by atoms with Gasteiger partial charge in [-0.1, -0.05) is 6.07 Å². The second-order valence-electron chi connectivity index (χ2n) is 5.66. The van der Waals surface area contributed by atoms with Crippen molar-refractivity contribution in [1.82, 2.24) is 15.2 Å². The van der Waals surface area contributed by atoms with E-state index in [1.54, 1.807) is 0 Å². The van der Waals surface area contributed by atoms with Crippen molar-refractivity contribution in [2.75, 3.05) is 19.6 Å². The van der Waals surface area contributed by atoms with Crippen LogP contribution in [0, 0.1) is 0 Å². The van der Waals surface area contributed by atoms with Crippen LogP contribution in [-0.2, 0) is 6.42 Å². The minimum absolute atomic E-state index is 0.233. The van der Waals surface area contributed by atoms with E-state index in [-0.39, 0.29) is 5.54 Å². The minimum Gasteiger partial charge on any atom is -0.309 e. The average Bonchev–Trinajstić information content (AvgIpc) is 2.32. The Balaban J connectivity index is 1.89. The average molecular weight is 233 g/mol. The number of piperazine rings is 1. The fraction of sp³-hybridized carbons (Fsp3) is 0.643. The van der Waals surface area contributed by atoms with Crippen molar-refractivity contribution in [2.24, 2.45) is 0 Å². The Morgan fingerprint density at radius 3 is 3.00 bits per heavy atom. The topological polar surface area (TPSA) is 28.2 Å². The molecule has 17 heavy (non-hydrogen) atoms. The van der Waals surface area contributed by atoms with E-state index in [0.717, 1.165) is 26.1 Å². The zero-order valence-electron chi connectivity index (χ0n) is 11.1. The second-order valence-corrected chi connectivity index (χ2v) is 5.66. The summed E-state index contributed by atoms with van der Waals surface area (Å²) >= 11 is 0. The van der Waals surface area contributed by atoms with Crippen LogP contribution in [-0.4, -0.2) is 41.1 Å². The summed E-state index contributed by atoms with van der Waals surface area (Å²) in [5.74, 6) is 0. The highest BCUT2D eigenvalue weighted by molar-refractivity contribution is 5.04. The van der Waals surface area contributed by atoms with Crippen molar-refractivity contribution in [1.29, 1.82) is 0 Å². The van der Waals surface area contributed by atoms with Gasteiger partial charge in [-0.15, -0.1) is 0 Å². The smallest absolute Gasteiger partial charge is 0.0416 e. The summed E-state index contributed by atoms with van der Waals surface area (Å²) in [4.78, 5) is 6.94. The van der Waals surface area contributed by atoms with Gasteiger partial charge in [-0.3, -0.25) is 9.88 Å². The number of rotatable bonds is 3. The van der Waals surface area contributed by atoms with Crippen LogP contribution in [0.2, 0.25) is 0 Å². The SMILES string of the molecule is CC1CNC(C)(C)CN1CCc1ccccn1. The Bertz CT molecular complexity index is 348. The molecular formula is C14H23N3. The summed E-state index contributed by atoms with van der Waals surface area (Å²) in [5, 5.41) is 3.58. The molecule has 1 N–H and O–H groups in total. The van der Waals surface area contributed by atoms with Crippen molar-refractivity contribution in [3.8, 4) is 0 Å². The minimum atomic E-state index is 0.233. The number of hydrogen-bond acceptors (Lipinski definition) is 3. The molecule has 3 nitrogen and oxygen atoms in total. The molecule has 1 saturated heterocycles. The molecule has 94 valence electrons. The van der Waals surface area contributed by atoms with Crippen LogP contribution >= 0.6 is 0 Å². The standard InChI is InChI=1S/C14H23N3/c1-12-10-16-14(2,3)11-17(12)9-7-13-6-4-5-8-15-13/h4-6,8,12,16H,7,9-11H2,1-3H3. The molecule has 1 aliphatic rings. The largest absolute Gasteiger partial charge is 0.309 e. The first-order chi connectivity index (χ1) is 8.07. The van der Waals surface area contributed by atoms with Gasteiger partial charge < -0.3 is 5.32 Å². The van der Waals surface area contributed by atoms with Gasteiger partial charge in [-0.05, 0) is 32.9 Å². The zero-order chi connectivity index (χ0) is 12.3. The van der Waals surface area contributed by atoms with E-state index in [2.05, 4.69) is 48.1 Å². The highest BCUT2D eigenvalue weighted by atomic mass is 15.2. The number of nitrogens with one attached hydrogen (secondary N) is 1. The number of pyridine rings is 1. The second kappa shape index (κ2) is 5.15. The Morgan fingerprint density at radius 1 is 1.47 bits per heavy atom. The van der Waals surface area contributed by atoms with Crippen LogP contribution in [0.1, 0.15) is 26.5 Å². The first kappa shape index (κ1) is 12.5. The van der Waals surface area contributed by atoms with Crippen molar-refractivity contribution in [3.63, 3.8) is 0 Å². The number of hydrogen-bond donors (Lipinski definition) is 1. The zero-order valence-corrected chi connectivity index (χ0v) is 11.1. The molecule has 1 aromatic heterocycles. The maximum Gasteiger partial charge on any atom is 0.0416 e. The molecular weight excluding hydrogens is 210 g/mol. The van der Waals surface area contributed by atoms with Gasteiger partial charge in [0, 0.05) is 49.5 Å². The van der Waals surface area contributed by atoms with Crippen LogP contribution in [0.15, 0.2) is 24.4 Å². The molecule has 1 unspecified atom stereocenters. The van der Waals surface area contributed by atoms with E-state index in [1.807, 2.05) is 12.3 Å². The van der Waals surface area contributed by atoms with Crippen LogP contribution in [0.5, 0.6) is 0 Å². The fourth-order valence-corrected chi connectivity index (χ4v) is 2.38. The van der Waals surface area contributed by atoms with E-state index in [9.17, 15) is 0 Å². The molecule has 0 radical (unpaired) electrons. The monoisotopic (exact) mass is 233 g/mol. The van der Waals surface area contributed by atoms with Crippen molar-refractivity contribution >= 4 is 0 Å². The molecule has 1 atom stereocenters. The summed E-state index contributed by atoms with van der Waals surface area (Å²) in [6, 6.07) is 6.76. The Hall–Kier alpha value is -0.930. The van der Waals surface area contributed by atoms with Crippen molar-refractivity contribution in [2.45, 2.75) is 38.8 Å². The lowest BCUT2D eigenvalue weighted by Gasteiger charge is -2.43. The molecule has 0 spiro atoms. The first-order valence-corrected chi connectivity index (χ1v) is 6.46. The molecule has 0 amide bonds. The van der Waals surface area contributed by atoms with E-state index in [0.29, 0.717) is 6.04 Å².